The topological polar surface area (TPSA) is 101 Å². The quantitative estimate of drug-likeness (QED) is 0.463. The lowest BCUT2D eigenvalue weighted by Gasteiger charge is -2.24. The zero-order valence-corrected chi connectivity index (χ0v) is 19.4. The van der Waals surface area contributed by atoms with Gasteiger partial charge in [0.15, 0.2) is 11.6 Å². The molecule has 1 unspecified atom stereocenters. The Kier molecular flexibility index (Phi) is 5.59. The molecular weight excluding hydrogens is 476 g/mol. The summed E-state index contributed by atoms with van der Waals surface area (Å²) >= 11 is 5.87. The molecule has 0 aromatic heterocycles. The van der Waals surface area contributed by atoms with Crippen LogP contribution in [0.3, 0.4) is 0 Å². The van der Waals surface area contributed by atoms with Crippen molar-refractivity contribution in [2.45, 2.75) is 23.8 Å². The largest absolute Gasteiger partial charge is 0.325 e. The fraction of sp³-hybridized carbons (Fsp3) is 0.160. The van der Waals surface area contributed by atoms with Gasteiger partial charge in [-0.15, -0.1) is 0 Å². The van der Waals surface area contributed by atoms with Crippen molar-refractivity contribution in [3.05, 3.63) is 94.0 Å². The normalized spacial score (nSPS) is 17.9. The Balaban J connectivity index is 1.40. The molecule has 1 N–H and O–H groups in total. The van der Waals surface area contributed by atoms with Crippen molar-refractivity contribution >= 4 is 44.8 Å². The van der Waals surface area contributed by atoms with Crippen LogP contribution >= 0.6 is 11.6 Å². The van der Waals surface area contributed by atoms with Crippen molar-refractivity contribution in [3.8, 4) is 0 Å². The molecular formula is C25H19ClN2O5S. The third-order valence-corrected chi connectivity index (χ3v) is 8.29. The van der Waals surface area contributed by atoms with Gasteiger partial charge >= 0.3 is 0 Å². The number of anilines is 1. The van der Waals surface area contributed by atoms with Gasteiger partial charge < -0.3 is 5.32 Å². The maximum atomic E-state index is 13.1. The zero-order valence-electron chi connectivity index (χ0n) is 17.8. The van der Waals surface area contributed by atoms with Gasteiger partial charge in [-0.05, 0) is 55.3 Å². The number of amides is 1. The Bertz CT molecular complexity index is 1450. The first-order chi connectivity index (χ1) is 16.3. The first-order valence-corrected chi connectivity index (χ1v) is 12.5. The number of sulfonamides is 1. The van der Waals surface area contributed by atoms with E-state index in [0.29, 0.717) is 34.7 Å². The second-order valence-electron chi connectivity index (χ2n) is 8.18. The van der Waals surface area contributed by atoms with Crippen LogP contribution in [-0.4, -0.2) is 42.8 Å². The number of fused-ring (bicyclic) bond motifs is 2. The maximum Gasteiger partial charge on any atom is 0.243 e. The Labute approximate surface area is 201 Å². The lowest BCUT2D eigenvalue weighted by molar-refractivity contribution is -0.119. The van der Waals surface area contributed by atoms with Gasteiger partial charge in [0.2, 0.25) is 15.9 Å². The number of halogens is 1. The number of carbonyl (C=O) groups is 3. The number of hydrogen-bond acceptors (Lipinski definition) is 5. The third kappa shape index (κ3) is 3.73. The summed E-state index contributed by atoms with van der Waals surface area (Å²) < 4.78 is 27.4. The number of ketones is 2. The molecule has 3 aromatic carbocycles. The highest BCUT2D eigenvalue weighted by molar-refractivity contribution is 7.89. The van der Waals surface area contributed by atoms with E-state index in [1.54, 1.807) is 30.3 Å². The SMILES string of the molecule is O=C1c2ccccc2C(=O)c2cc(NC(=O)C3CCCN3S(=O)(=O)c3ccc(Cl)cc3)ccc21. The van der Waals surface area contributed by atoms with Crippen LogP contribution in [0.5, 0.6) is 0 Å². The molecule has 0 bridgehead atoms. The van der Waals surface area contributed by atoms with E-state index >= 15 is 0 Å². The summed E-state index contributed by atoms with van der Waals surface area (Å²) in [6.07, 6.45) is 0.910. The molecule has 172 valence electrons. The number of benzene rings is 3. The summed E-state index contributed by atoms with van der Waals surface area (Å²) in [6.45, 7) is 0.219. The van der Waals surface area contributed by atoms with Gasteiger partial charge in [0.05, 0.1) is 4.90 Å². The van der Waals surface area contributed by atoms with E-state index in [9.17, 15) is 22.8 Å². The standard InChI is InChI=1S/C25H19ClN2O5S/c26-15-7-10-17(11-8-15)34(32,33)28-13-3-6-22(28)25(31)27-16-9-12-20-21(14-16)24(30)19-5-2-1-4-18(19)23(20)29/h1-2,4-5,7-12,14,22H,3,6,13H2,(H,27,31). The third-order valence-electron chi connectivity index (χ3n) is 6.12. The minimum absolute atomic E-state index is 0.0631. The number of hydrogen-bond donors (Lipinski definition) is 1. The Hall–Kier alpha value is -3.33. The number of carbonyl (C=O) groups excluding carboxylic acids is 3. The molecule has 1 heterocycles. The smallest absolute Gasteiger partial charge is 0.243 e. The van der Waals surface area contributed by atoms with E-state index in [-0.39, 0.29) is 34.1 Å². The molecule has 7 nitrogen and oxygen atoms in total. The Morgan fingerprint density at radius 1 is 0.882 bits per heavy atom. The van der Waals surface area contributed by atoms with Gasteiger partial charge in [0.25, 0.3) is 0 Å². The molecule has 34 heavy (non-hydrogen) atoms. The molecule has 0 spiro atoms. The zero-order chi connectivity index (χ0) is 24.0. The predicted molar refractivity (Wildman–Crippen MR) is 127 cm³/mol. The first-order valence-electron chi connectivity index (χ1n) is 10.7. The van der Waals surface area contributed by atoms with E-state index in [1.165, 1.54) is 40.7 Å². The average Bonchev–Trinajstić information content (AvgIpc) is 3.34. The van der Waals surface area contributed by atoms with E-state index in [1.807, 2.05) is 0 Å². The van der Waals surface area contributed by atoms with Crippen molar-refractivity contribution in [2.75, 3.05) is 11.9 Å². The highest BCUT2D eigenvalue weighted by atomic mass is 35.5. The van der Waals surface area contributed by atoms with Crippen molar-refractivity contribution < 1.29 is 22.8 Å². The Morgan fingerprint density at radius 3 is 2.18 bits per heavy atom. The number of nitrogens with one attached hydrogen (secondary N) is 1. The second kappa shape index (κ2) is 8.47. The van der Waals surface area contributed by atoms with E-state index in [0.717, 1.165) is 0 Å². The predicted octanol–water partition coefficient (Wildman–Crippen LogP) is 3.91. The van der Waals surface area contributed by atoms with Gasteiger partial charge in [-0.2, -0.15) is 4.31 Å². The van der Waals surface area contributed by atoms with Crippen LogP contribution in [0.1, 0.15) is 44.7 Å². The van der Waals surface area contributed by atoms with Crippen LogP contribution in [0.2, 0.25) is 5.02 Å². The Morgan fingerprint density at radius 2 is 1.50 bits per heavy atom. The number of nitrogens with zero attached hydrogens (tertiary/aromatic N) is 1. The molecule has 1 amide bonds. The molecule has 2 aliphatic rings. The molecule has 0 radical (unpaired) electrons. The van der Waals surface area contributed by atoms with Crippen LogP contribution in [-0.2, 0) is 14.8 Å². The van der Waals surface area contributed by atoms with Gasteiger partial charge in [-0.3, -0.25) is 14.4 Å². The van der Waals surface area contributed by atoms with Crippen LogP contribution < -0.4 is 5.32 Å². The fourth-order valence-electron chi connectivity index (χ4n) is 4.43. The summed E-state index contributed by atoms with van der Waals surface area (Å²) in [7, 11) is -3.89. The van der Waals surface area contributed by atoms with Gasteiger partial charge in [0, 0.05) is 39.5 Å². The molecule has 3 aromatic rings. The van der Waals surface area contributed by atoms with E-state index in [2.05, 4.69) is 5.32 Å². The molecule has 1 aliphatic heterocycles. The van der Waals surface area contributed by atoms with Gasteiger partial charge in [-0.1, -0.05) is 35.9 Å². The van der Waals surface area contributed by atoms with E-state index in [4.69, 9.17) is 11.6 Å². The highest BCUT2D eigenvalue weighted by Crippen LogP contribution is 2.31. The van der Waals surface area contributed by atoms with E-state index < -0.39 is 22.0 Å². The number of rotatable bonds is 4. The maximum absolute atomic E-state index is 13.1. The molecule has 9 heteroatoms. The monoisotopic (exact) mass is 494 g/mol. The highest BCUT2D eigenvalue weighted by Gasteiger charge is 2.39. The molecule has 1 fully saturated rings. The van der Waals surface area contributed by atoms with Gasteiger partial charge in [0.1, 0.15) is 6.04 Å². The minimum atomic E-state index is -3.89. The second-order valence-corrected chi connectivity index (χ2v) is 10.5. The molecule has 1 atom stereocenters. The van der Waals surface area contributed by atoms with Crippen molar-refractivity contribution in [2.24, 2.45) is 0 Å². The summed E-state index contributed by atoms with van der Waals surface area (Å²) in [4.78, 5) is 38.9. The van der Waals surface area contributed by atoms with Crippen molar-refractivity contribution in [1.29, 1.82) is 0 Å². The summed E-state index contributed by atoms with van der Waals surface area (Å²) in [5.74, 6) is -1.04. The average molecular weight is 495 g/mol. The van der Waals surface area contributed by atoms with Crippen molar-refractivity contribution in [1.82, 2.24) is 4.31 Å². The lowest BCUT2D eigenvalue weighted by atomic mass is 9.84. The lowest BCUT2D eigenvalue weighted by Crippen LogP contribution is -2.43. The fourth-order valence-corrected chi connectivity index (χ4v) is 6.22. The molecule has 5 rings (SSSR count). The van der Waals surface area contributed by atoms with Crippen LogP contribution in [0, 0.1) is 0 Å². The van der Waals surface area contributed by atoms with Crippen molar-refractivity contribution in [3.63, 3.8) is 0 Å². The molecule has 1 saturated heterocycles. The summed E-state index contributed by atoms with van der Waals surface area (Å²) in [5, 5.41) is 3.14. The molecule has 0 saturated carbocycles. The molecule has 1 aliphatic carbocycles. The van der Waals surface area contributed by atoms with Gasteiger partial charge in [-0.25, -0.2) is 8.42 Å². The summed E-state index contributed by atoms with van der Waals surface area (Å²) in [6, 6.07) is 16.0. The summed E-state index contributed by atoms with van der Waals surface area (Å²) in [5.41, 5.74) is 1.47. The van der Waals surface area contributed by atoms with Crippen LogP contribution in [0.15, 0.2) is 71.6 Å². The van der Waals surface area contributed by atoms with Crippen LogP contribution in [0.4, 0.5) is 5.69 Å². The van der Waals surface area contributed by atoms with Crippen LogP contribution in [0.25, 0.3) is 0 Å². The first kappa shape index (κ1) is 22.5. The minimum Gasteiger partial charge on any atom is -0.325 e.